The van der Waals surface area contributed by atoms with Crippen molar-refractivity contribution in [1.82, 2.24) is 19.8 Å². The fourth-order valence-electron chi connectivity index (χ4n) is 2.82. The lowest BCUT2D eigenvalue weighted by Crippen LogP contribution is -2.50. The fraction of sp³-hybridized carbons (Fsp3) is 0.333. The molecule has 0 saturated carbocycles. The van der Waals surface area contributed by atoms with Gasteiger partial charge in [-0.25, -0.2) is 4.98 Å². The van der Waals surface area contributed by atoms with Crippen LogP contribution in [-0.2, 0) is 0 Å². The molecule has 1 aliphatic rings. The molecule has 0 N–H and O–H groups in total. The lowest BCUT2D eigenvalue weighted by molar-refractivity contribution is 0.0531. The number of amides is 2. The quantitative estimate of drug-likeness (QED) is 0.843. The molecule has 6 nitrogen and oxygen atoms in total. The second kappa shape index (κ2) is 6.78. The normalized spacial score (nSPS) is 14.6. The van der Waals surface area contributed by atoms with Gasteiger partial charge in [0.15, 0.2) is 0 Å². The Hall–Kier alpha value is -2.76. The summed E-state index contributed by atoms with van der Waals surface area (Å²) in [6.07, 6.45) is 4.51. The molecular formula is C18H20N4O2. The second-order valence-electron chi connectivity index (χ2n) is 5.99. The van der Waals surface area contributed by atoms with E-state index in [0.29, 0.717) is 31.9 Å². The highest BCUT2D eigenvalue weighted by Gasteiger charge is 2.26. The number of nitrogens with zero attached hydrogens (tertiary/aromatic N) is 4. The monoisotopic (exact) mass is 324 g/mol. The Balaban J connectivity index is 1.66. The molecule has 1 saturated heterocycles. The number of hydrogen-bond acceptors (Lipinski definition) is 4. The molecule has 0 spiro atoms. The van der Waals surface area contributed by atoms with Gasteiger partial charge in [0.1, 0.15) is 5.69 Å². The maximum Gasteiger partial charge on any atom is 0.274 e. The SMILES string of the molecule is Cc1ccc(C)c(C(=O)N2CCN(C(=O)c3cnccn3)CC2)c1. The summed E-state index contributed by atoms with van der Waals surface area (Å²) < 4.78 is 0. The van der Waals surface area contributed by atoms with Gasteiger partial charge in [0, 0.05) is 44.1 Å². The highest BCUT2D eigenvalue weighted by atomic mass is 16.2. The molecule has 24 heavy (non-hydrogen) atoms. The van der Waals surface area contributed by atoms with Crippen LogP contribution in [0.5, 0.6) is 0 Å². The van der Waals surface area contributed by atoms with Crippen LogP contribution in [0.1, 0.15) is 32.0 Å². The highest BCUT2D eigenvalue weighted by molar-refractivity contribution is 5.96. The van der Waals surface area contributed by atoms with Crippen LogP contribution in [0.25, 0.3) is 0 Å². The average molecular weight is 324 g/mol. The van der Waals surface area contributed by atoms with Gasteiger partial charge in [-0.1, -0.05) is 17.7 Å². The van der Waals surface area contributed by atoms with Gasteiger partial charge in [-0.3, -0.25) is 14.6 Å². The Morgan fingerprint density at radius 2 is 1.62 bits per heavy atom. The van der Waals surface area contributed by atoms with Crippen molar-refractivity contribution in [3.05, 3.63) is 59.2 Å². The third-order valence-electron chi connectivity index (χ3n) is 4.26. The van der Waals surface area contributed by atoms with Gasteiger partial charge in [0.25, 0.3) is 11.8 Å². The van der Waals surface area contributed by atoms with Crippen LogP contribution in [0, 0.1) is 13.8 Å². The van der Waals surface area contributed by atoms with Gasteiger partial charge in [0.2, 0.25) is 0 Å². The van der Waals surface area contributed by atoms with E-state index in [2.05, 4.69) is 9.97 Å². The lowest BCUT2D eigenvalue weighted by atomic mass is 10.0. The smallest absolute Gasteiger partial charge is 0.274 e. The Kier molecular flexibility index (Phi) is 4.55. The van der Waals surface area contributed by atoms with Crippen LogP contribution < -0.4 is 0 Å². The van der Waals surface area contributed by atoms with Crippen molar-refractivity contribution in [2.75, 3.05) is 26.2 Å². The van der Waals surface area contributed by atoms with Crippen molar-refractivity contribution in [3.8, 4) is 0 Å². The minimum atomic E-state index is -0.137. The van der Waals surface area contributed by atoms with E-state index in [-0.39, 0.29) is 11.8 Å². The minimum Gasteiger partial charge on any atom is -0.335 e. The molecule has 124 valence electrons. The van der Waals surface area contributed by atoms with E-state index in [0.717, 1.165) is 16.7 Å². The first-order valence-electron chi connectivity index (χ1n) is 7.98. The molecule has 0 bridgehead atoms. The Bertz CT molecular complexity index is 753. The highest BCUT2D eigenvalue weighted by Crippen LogP contribution is 2.15. The van der Waals surface area contributed by atoms with E-state index in [4.69, 9.17) is 0 Å². The average Bonchev–Trinajstić information content (AvgIpc) is 2.63. The first-order valence-corrected chi connectivity index (χ1v) is 7.98. The van der Waals surface area contributed by atoms with Gasteiger partial charge in [-0.05, 0) is 25.5 Å². The summed E-state index contributed by atoms with van der Waals surface area (Å²) in [6.45, 7) is 5.99. The topological polar surface area (TPSA) is 66.4 Å². The number of piperazine rings is 1. The molecule has 0 radical (unpaired) electrons. The molecule has 0 aliphatic carbocycles. The fourth-order valence-corrected chi connectivity index (χ4v) is 2.82. The zero-order chi connectivity index (χ0) is 17.1. The third-order valence-corrected chi connectivity index (χ3v) is 4.26. The summed E-state index contributed by atoms with van der Waals surface area (Å²) in [6, 6.07) is 5.90. The van der Waals surface area contributed by atoms with Crippen molar-refractivity contribution >= 4 is 11.8 Å². The van der Waals surface area contributed by atoms with E-state index in [1.54, 1.807) is 4.90 Å². The number of aromatic nitrogens is 2. The largest absolute Gasteiger partial charge is 0.335 e. The van der Waals surface area contributed by atoms with Crippen LogP contribution in [0.3, 0.4) is 0 Å². The summed E-state index contributed by atoms with van der Waals surface area (Å²) >= 11 is 0. The van der Waals surface area contributed by atoms with Crippen LogP contribution >= 0.6 is 0 Å². The van der Waals surface area contributed by atoms with Gasteiger partial charge < -0.3 is 9.80 Å². The van der Waals surface area contributed by atoms with Crippen LogP contribution in [-0.4, -0.2) is 57.8 Å². The maximum absolute atomic E-state index is 12.7. The molecule has 1 aromatic heterocycles. The number of hydrogen-bond donors (Lipinski definition) is 0. The summed E-state index contributed by atoms with van der Waals surface area (Å²) in [5, 5.41) is 0. The van der Waals surface area contributed by atoms with E-state index in [9.17, 15) is 9.59 Å². The van der Waals surface area contributed by atoms with Crippen molar-refractivity contribution in [3.63, 3.8) is 0 Å². The molecule has 2 aromatic rings. The van der Waals surface area contributed by atoms with Crippen molar-refractivity contribution in [1.29, 1.82) is 0 Å². The van der Waals surface area contributed by atoms with Crippen molar-refractivity contribution < 1.29 is 9.59 Å². The molecule has 1 aromatic carbocycles. The maximum atomic E-state index is 12.7. The Morgan fingerprint density at radius 3 is 2.25 bits per heavy atom. The molecular weight excluding hydrogens is 304 g/mol. The molecule has 6 heteroatoms. The summed E-state index contributed by atoms with van der Waals surface area (Å²) in [5.74, 6) is -0.107. The molecule has 0 unspecified atom stereocenters. The predicted molar refractivity (Wildman–Crippen MR) is 89.8 cm³/mol. The summed E-state index contributed by atoms with van der Waals surface area (Å²) in [5.41, 5.74) is 3.12. The Labute approximate surface area is 141 Å². The number of carbonyl (C=O) groups excluding carboxylic acids is 2. The van der Waals surface area contributed by atoms with Crippen molar-refractivity contribution in [2.24, 2.45) is 0 Å². The second-order valence-corrected chi connectivity index (χ2v) is 5.99. The van der Waals surface area contributed by atoms with Crippen LogP contribution in [0.4, 0.5) is 0 Å². The number of carbonyl (C=O) groups is 2. The van der Waals surface area contributed by atoms with Crippen LogP contribution in [0.2, 0.25) is 0 Å². The Morgan fingerprint density at radius 1 is 0.958 bits per heavy atom. The third kappa shape index (κ3) is 3.27. The molecule has 1 aliphatic heterocycles. The van der Waals surface area contributed by atoms with E-state index < -0.39 is 0 Å². The lowest BCUT2D eigenvalue weighted by Gasteiger charge is -2.34. The molecule has 3 rings (SSSR count). The zero-order valence-electron chi connectivity index (χ0n) is 13.9. The first kappa shape index (κ1) is 16.1. The van der Waals surface area contributed by atoms with Crippen molar-refractivity contribution in [2.45, 2.75) is 13.8 Å². The standard InChI is InChI=1S/C18H20N4O2/c1-13-3-4-14(2)15(11-13)17(23)21-7-9-22(10-8-21)18(24)16-12-19-5-6-20-16/h3-6,11-12H,7-10H2,1-2H3. The van der Waals surface area contributed by atoms with E-state index >= 15 is 0 Å². The van der Waals surface area contributed by atoms with Gasteiger partial charge in [0.05, 0.1) is 6.20 Å². The van der Waals surface area contributed by atoms with Gasteiger partial charge in [-0.15, -0.1) is 0 Å². The summed E-state index contributed by atoms with van der Waals surface area (Å²) in [4.78, 5) is 36.6. The van der Waals surface area contributed by atoms with E-state index in [1.807, 2.05) is 36.9 Å². The first-order chi connectivity index (χ1) is 11.6. The predicted octanol–water partition coefficient (Wildman–Crippen LogP) is 1.69. The number of rotatable bonds is 2. The zero-order valence-corrected chi connectivity index (χ0v) is 13.9. The minimum absolute atomic E-state index is 0.0304. The number of aryl methyl sites for hydroxylation is 2. The van der Waals surface area contributed by atoms with Gasteiger partial charge >= 0.3 is 0 Å². The molecule has 2 heterocycles. The van der Waals surface area contributed by atoms with Gasteiger partial charge in [-0.2, -0.15) is 0 Å². The molecule has 1 fully saturated rings. The van der Waals surface area contributed by atoms with Crippen LogP contribution in [0.15, 0.2) is 36.8 Å². The number of benzene rings is 1. The van der Waals surface area contributed by atoms with E-state index in [1.165, 1.54) is 18.6 Å². The molecule has 0 atom stereocenters. The summed E-state index contributed by atoms with van der Waals surface area (Å²) in [7, 11) is 0. The molecule has 2 amide bonds.